The third-order valence-electron chi connectivity index (χ3n) is 3.34. The van der Waals surface area contributed by atoms with Gasteiger partial charge in [0.1, 0.15) is 5.01 Å². The summed E-state index contributed by atoms with van der Waals surface area (Å²) in [4.78, 5) is 16.3. The highest BCUT2D eigenvalue weighted by Crippen LogP contribution is 2.39. The Labute approximate surface area is 135 Å². The van der Waals surface area contributed by atoms with Crippen molar-refractivity contribution < 1.29 is 18.0 Å². The number of nitrogens with zero attached hydrogens (tertiary/aromatic N) is 2. The van der Waals surface area contributed by atoms with Crippen LogP contribution in [-0.4, -0.2) is 16.9 Å². The summed E-state index contributed by atoms with van der Waals surface area (Å²) < 4.78 is 39.9. The predicted molar refractivity (Wildman–Crippen MR) is 80.1 cm³/mol. The Morgan fingerprint density at radius 2 is 2.00 bits per heavy atom. The second-order valence-corrected chi connectivity index (χ2v) is 5.95. The first-order valence-corrected chi connectivity index (χ1v) is 7.67. The lowest BCUT2D eigenvalue weighted by atomic mass is 9.89. The molecule has 0 saturated carbocycles. The van der Waals surface area contributed by atoms with Gasteiger partial charge in [-0.05, 0) is 12.5 Å². The number of hydrogen-bond donors (Lipinski definition) is 0. The summed E-state index contributed by atoms with van der Waals surface area (Å²) in [6.45, 7) is 1.70. The molecule has 7 heteroatoms. The van der Waals surface area contributed by atoms with Crippen molar-refractivity contribution in [3.63, 3.8) is 0 Å². The van der Waals surface area contributed by atoms with Crippen molar-refractivity contribution in [2.45, 2.75) is 31.4 Å². The number of hydrogen-bond acceptors (Lipinski definition) is 4. The average molecular weight is 338 g/mol. The van der Waals surface area contributed by atoms with Crippen molar-refractivity contribution in [2.75, 3.05) is 0 Å². The van der Waals surface area contributed by atoms with Crippen molar-refractivity contribution in [3.8, 4) is 6.07 Å². The maximum absolute atomic E-state index is 13.3. The summed E-state index contributed by atoms with van der Waals surface area (Å²) in [5.41, 5.74) is 0.647. The van der Waals surface area contributed by atoms with E-state index in [1.807, 2.05) is 0 Å². The lowest BCUT2D eigenvalue weighted by Crippen LogP contribution is -2.25. The van der Waals surface area contributed by atoms with Gasteiger partial charge in [-0.2, -0.15) is 18.4 Å². The van der Waals surface area contributed by atoms with Crippen LogP contribution in [0.15, 0.2) is 35.7 Å². The zero-order chi connectivity index (χ0) is 17.0. The molecule has 2 rings (SSSR count). The van der Waals surface area contributed by atoms with Crippen LogP contribution in [0.4, 0.5) is 13.2 Å². The van der Waals surface area contributed by atoms with E-state index < -0.39 is 30.2 Å². The van der Waals surface area contributed by atoms with Crippen LogP contribution in [0.2, 0.25) is 0 Å². The minimum atomic E-state index is -4.56. The third-order valence-corrected chi connectivity index (χ3v) is 4.36. The molecule has 0 aliphatic carbocycles. The van der Waals surface area contributed by atoms with Crippen molar-refractivity contribution in [1.29, 1.82) is 5.26 Å². The molecule has 2 aromatic rings. The molecule has 23 heavy (non-hydrogen) atoms. The Kier molecular flexibility index (Phi) is 5.16. The monoisotopic (exact) mass is 338 g/mol. The molecule has 0 saturated heterocycles. The van der Waals surface area contributed by atoms with E-state index in [2.05, 4.69) is 4.98 Å². The largest absolute Gasteiger partial charge is 0.396 e. The zero-order valence-electron chi connectivity index (χ0n) is 12.2. The normalized spacial score (nSPS) is 14.0. The highest BCUT2D eigenvalue weighted by Gasteiger charge is 2.43. The number of ketones is 1. The number of thiazole rings is 1. The Morgan fingerprint density at radius 1 is 1.35 bits per heavy atom. The number of benzene rings is 1. The second kappa shape index (κ2) is 6.92. The van der Waals surface area contributed by atoms with Gasteiger partial charge < -0.3 is 0 Å². The van der Waals surface area contributed by atoms with Crippen LogP contribution in [-0.2, 0) is 4.79 Å². The molecule has 0 bridgehead atoms. The molecule has 0 fully saturated rings. The summed E-state index contributed by atoms with van der Waals surface area (Å²) in [6.07, 6.45) is -5.33. The number of Topliss-reactive ketones (excluding diaryl/α,β-unsaturated/α-hetero) is 1. The average Bonchev–Trinajstić information content (AvgIpc) is 2.91. The van der Waals surface area contributed by atoms with E-state index in [9.17, 15) is 18.0 Å². The van der Waals surface area contributed by atoms with E-state index in [1.54, 1.807) is 24.4 Å². The minimum absolute atomic E-state index is 0.0142. The molecule has 0 N–H and O–H groups in total. The van der Waals surface area contributed by atoms with Crippen molar-refractivity contribution in [2.24, 2.45) is 0 Å². The molecule has 1 heterocycles. The highest BCUT2D eigenvalue weighted by molar-refractivity contribution is 7.09. The summed E-state index contributed by atoms with van der Waals surface area (Å²) in [5.74, 6) is -3.96. The van der Waals surface area contributed by atoms with Gasteiger partial charge in [-0.25, -0.2) is 4.98 Å². The summed E-state index contributed by atoms with van der Waals surface area (Å²) in [6, 6.07) is 9.03. The van der Waals surface area contributed by atoms with Gasteiger partial charge in [0.15, 0.2) is 11.7 Å². The van der Waals surface area contributed by atoms with Crippen LogP contribution in [0.1, 0.15) is 34.5 Å². The van der Waals surface area contributed by atoms with Gasteiger partial charge >= 0.3 is 6.18 Å². The quantitative estimate of drug-likeness (QED) is 0.814. The van der Waals surface area contributed by atoms with E-state index >= 15 is 0 Å². The summed E-state index contributed by atoms with van der Waals surface area (Å²) >= 11 is 1.11. The number of halogens is 3. The topological polar surface area (TPSA) is 53.8 Å². The second-order valence-electron chi connectivity index (χ2n) is 5.06. The molecule has 0 unspecified atom stereocenters. The maximum atomic E-state index is 13.3. The van der Waals surface area contributed by atoms with Gasteiger partial charge in [0.2, 0.25) is 0 Å². The van der Waals surface area contributed by atoms with E-state index in [4.69, 9.17) is 5.26 Å². The van der Waals surface area contributed by atoms with Gasteiger partial charge in [0.05, 0.1) is 12.0 Å². The molecule has 1 aromatic heterocycles. The van der Waals surface area contributed by atoms with Crippen LogP contribution < -0.4 is 0 Å². The van der Waals surface area contributed by atoms with Crippen LogP contribution in [0.25, 0.3) is 0 Å². The van der Waals surface area contributed by atoms with Crippen LogP contribution in [0, 0.1) is 18.3 Å². The number of aryl methyl sites for hydroxylation is 1. The Bertz CT molecular complexity index is 719. The molecule has 1 aromatic carbocycles. The smallest absolute Gasteiger partial charge is 0.298 e. The number of nitriles is 1. The van der Waals surface area contributed by atoms with Crippen LogP contribution in [0.5, 0.6) is 0 Å². The lowest BCUT2D eigenvalue weighted by Gasteiger charge is -2.20. The minimum Gasteiger partial charge on any atom is -0.298 e. The van der Waals surface area contributed by atoms with E-state index in [0.717, 1.165) is 11.3 Å². The number of rotatable bonds is 5. The fourth-order valence-electron chi connectivity index (χ4n) is 2.20. The van der Waals surface area contributed by atoms with Gasteiger partial charge in [-0.15, -0.1) is 11.3 Å². The lowest BCUT2D eigenvalue weighted by molar-refractivity contribution is -0.156. The van der Waals surface area contributed by atoms with E-state index in [0.29, 0.717) is 5.69 Å². The highest BCUT2D eigenvalue weighted by atomic mass is 32.1. The first-order chi connectivity index (χ1) is 10.8. The zero-order valence-corrected chi connectivity index (χ0v) is 13.0. The maximum Gasteiger partial charge on any atom is 0.396 e. The number of carbonyl (C=O) groups excluding carboxylic acids is 1. The first-order valence-electron chi connectivity index (χ1n) is 6.79. The fourth-order valence-corrected chi connectivity index (χ4v) is 3.06. The molecule has 2 atom stereocenters. The van der Waals surface area contributed by atoms with Crippen molar-refractivity contribution in [1.82, 2.24) is 4.98 Å². The SMILES string of the molecule is Cc1csc([C@@H](C#N)C(=O)C[C@H](c2ccccc2)C(F)(F)F)n1. The summed E-state index contributed by atoms with van der Waals surface area (Å²) in [7, 11) is 0. The molecular weight excluding hydrogens is 325 g/mol. The van der Waals surface area contributed by atoms with Gasteiger partial charge in [-0.3, -0.25) is 4.79 Å². The Hall–Kier alpha value is -2.20. The predicted octanol–water partition coefficient (Wildman–Crippen LogP) is 4.36. The van der Waals surface area contributed by atoms with Crippen molar-refractivity contribution in [3.05, 3.63) is 52.0 Å². The van der Waals surface area contributed by atoms with Gasteiger partial charge in [0, 0.05) is 17.5 Å². The molecule has 0 aliphatic rings. The Morgan fingerprint density at radius 3 is 2.48 bits per heavy atom. The van der Waals surface area contributed by atoms with Gasteiger partial charge in [-0.1, -0.05) is 30.3 Å². The number of aromatic nitrogens is 1. The van der Waals surface area contributed by atoms with E-state index in [-0.39, 0.29) is 10.6 Å². The Balaban J connectivity index is 2.26. The standard InChI is InChI=1S/C16H13F3N2OS/c1-10-9-23-15(21-10)12(8-20)14(22)7-13(16(17,18)19)11-5-3-2-4-6-11/h2-6,9,12-13H,7H2,1H3/t12-,13+/m0/s1. The van der Waals surface area contributed by atoms with Crippen molar-refractivity contribution >= 4 is 17.1 Å². The third kappa shape index (κ3) is 4.17. The molecular formula is C16H13F3N2OS. The van der Waals surface area contributed by atoms with Crippen LogP contribution in [0.3, 0.4) is 0 Å². The van der Waals surface area contributed by atoms with Crippen LogP contribution >= 0.6 is 11.3 Å². The molecule has 0 spiro atoms. The number of alkyl halides is 3. The molecule has 0 radical (unpaired) electrons. The first kappa shape index (κ1) is 17.2. The fraction of sp³-hybridized carbons (Fsp3) is 0.312. The molecule has 120 valence electrons. The van der Waals surface area contributed by atoms with Gasteiger partial charge in [0.25, 0.3) is 0 Å². The molecule has 3 nitrogen and oxygen atoms in total. The molecule has 0 aliphatic heterocycles. The number of carbonyl (C=O) groups is 1. The summed E-state index contributed by atoms with van der Waals surface area (Å²) in [5, 5.41) is 11.1. The molecule has 0 amide bonds. The van der Waals surface area contributed by atoms with E-state index in [1.165, 1.54) is 24.3 Å².